The molecule has 0 unspecified atom stereocenters. The van der Waals surface area contributed by atoms with Gasteiger partial charge in [-0.05, 0) is 12.5 Å². The van der Waals surface area contributed by atoms with Gasteiger partial charge in [0, 0.05) is 0 Å². The molecule has 0 bridgehead atoms. The Morgan fingerprint density at radius 1 is 1.29 bits per heavy atom. The highest BCUT2D eigenvalue weighted by molar-refractivity contribution is 5.21. The minimum atomic E-state index is 0.519. The van der Waals surface area contributed by atoms with E-state index in [1.54, 1.807) is 6.20 Å². The molecule has 1 aromatic heterocycles. The maximum absolute atomic E-state index is 5.37. The molecule has 0 aliphatic heterocycles. The summed E-state index contributed by atoms with van der Waals surface area (Å²) in [6.07, 6.45) is 1.55. The van der Waals surface area contributed by atoms with Gasteiger partial charge in [-0.3, -0.25) is 0 Å². The largest absolute Gasteiger partial charge is 0.471 e. The molecule has 1 heterocycles. The summed E-state index contributed by atoms with van der Waals surface area (Å²) in [7, 11) is 0. The van der Waals surface area contributed by atoms with Crippen LogP contribution in [0, 0.1) is 6.92 Å². The second-order valence-corrected chi connectivity index (χ2v) is 3.08. The average molecular weight is 189 g/mol. The first-order valence-corrected chi connectivity index (χ1v) is 4.39. The summed E-state index contributed by atoms with van der Waals surface area (Å²) >= 11 is 0. The van der Waals surface area contributed by atoms with Crippen molar-refractivity contribution in [2.24, 2.45) is 0 Å². The first-order chi connectivity index (χ1) is 6.84. The summed E-state index contributed by atoms with van der Waals surface area (Å²) in [6.45, 7) is 2.58. The molecule has 4 heteroatoms. The van der Waals surface area contributed by atoms with Gasteiger partial charge in [-0.25, -0.2) is 0 Å². The molecule has 0 aliphatic carbocycles. The van der Waals surface area contributed by atoms with E-state index in [2.05, 4.69) is 34.5 Å². The molecule has 4 nitrogen and oxygen atoms in total. The van der Waals surface area contributed by atoms with Crippen molar-refractivity contribution in [2.45, 2.75) is 13.5 Å². The molecule has 14 heavy (non-hydrogen) atoms. The summed E-state index contributed by atoms with van der Waals surface area (Å²) in [5.41, 5.74) is 2.37. The van der Waals surface area contributed by atoms with Gasteiger partial charge >= 0.3 is 0 Å². The van der Waals surface area contributed by atoms with Gasteiger partial charge in [0.05, 0.1) is 0 Å². The highest BCUT2D eigenvalue weighted by Gasteiger charge is 1.97. The molecular weight excluding hydrogens is 178 g/mol. The molecule has 0 amide bonds. The number of H-pyrrole nitrogens is 1. The lowest BCUT2D eigenvalue weighted by Crippen LogP contribution is -1.95. The van der Waals surface area contributed by atoms with Gasteiger partial charge in [0.1, 0.15) is 12.8 Å². The minimum absolute atomic E-state index is 0.519. The topological polar surface area (TPSA) is 50.8 Å². The number of nitrogens with one attached hydrogen (secondary N) is 1. The van der Waals surface area contributed by atoms with Crippen LogP contribution in [0.15, 0.2) is 30.5 Å². The van der Waals surface area contributed by atoms with Crippen LogP contribution in [0.3, 0.4) is 0 Å². The normalized spacial score (nSPS) is 10.1. The van der Waals surface area contributed by atoms with E-state index in [9.17, 15) is 0 Å². The molecule has 1 N–H and O–H groups in total. The van der Waals surface area contributed by atoms with E-state index in [1.165, 1.54) is 5.56 Å². The zero-order valence-corrected chi connectivity index (χ0v) is 7.90. The molecule has 1 aromatic carbocycles. The number of ether oxygens (including phenoxy) is 1. The third kappa shape index (κ3) is 2.10. The lowest BCUT2D eigenvalue weighted by Gasteiger charge is -2.02. The first-order valence-electron chi connectivity index (χ1n) is 4.39. The van der Waals surface area contributed by atoms with Crippen molar-refractivity contribution >= 4 is 0 Å². The Bertz CT molecular complexity index is 380. The van der Waals surface area contributed by atoms with Crippen molar-refractivity contribution in [3.8, 4) is 5.88 Å². The van der Waals surface area contributed by atoms with Crippen LogP contribution in [0.25, 0.3) is 0 Å². The predicted octanol–water partition coefficient (Wildman–Crippen LogP) is 1.69. The molecular formula is C10H11N3O. The monoisotopic (exact) mass is 189 g/mol. The van der Waals surface area contributed by atoms with Gasteiger partial charge in [0.25, 0.3) is 5.88 Å². The standard InChI is InChI=1S/C10H11N3O/c1-8-2-4-9(5-3-8)7-14-10-6-11-13-12-10/h2-6H,7H2,1H3,(H,11,12,13). The van der Waals surface area contributed by atoms with Gasteiger partial charge in [0.2, 0.25) is 0 Å². The molecule has 2 aromatic rings. The third-order valence-corrected chi connectivity index (χ3v) is 1.90. The Morgan fingerprint density at radius 2 is 2.07 bits per heavy atom. The fourth-order valence-corrected chi connectivity index (χ4v) is 1.10. The molecule has 0 radical (unpaired) electrons. The van der Waals surface area contributed by atoms with E-state index >= 15 is 0 Å². The summed E-state index contributed by atoms with van der Waals surface area (Å²) in [5.74, 6) is 0.519. The molecule has 2 rings (SSSR count). The highest BCUT2D eigenvalue weighted by atomic mass is 16.5. The second-order valence-electron chi connectivity index (χ2n) is 3.08. The molecule has 72 valence electrons. The molecule has 0 aliphatic rings. The number of aryl methyl sites for hydroxylation is 1. The Kier molecular flexibility index (Phi) is 2.44. The molecule has 0 saturated heterocycles. The highest BCUT2D eigenvalue weighted by Crippen LogP contribution is 2.07. The number of aromatic nitrogens is 3. The summed E-state index contributed by atoms with van der Waals surface area (Å²) in [4.78, 5) is 0. The predicted molar refractivity (Wildman–Crippen MR) is 51.9 cm³/mol. The summed E-state index contributed by atoms with van der Waals surface area (Å²) < 4.78 is 5.37. The number of hydrogen-bond donors (Lipinski definition) is 1. The van der Waals surface area contributed by atoms with Crippen molar-refractivity contribution in [1.82, 2.24) is 15.4 Å². The lowest BCUT2D eigenvalue weighted by molar-refractivity contribution is 0.293. The SMILES string of the molecule is Cc1ccc(COc2cn[nH]n2)cc1. The maximum atomic E-state index is 5.37. The molecule has 0 spiro atoms. The summed E-state index contributed by atoms with van der Waals surface area (Å²) in [6, 6.07) is 8.19. The van der Waals surface area contributed by atoms with Crippen molar-refractivity contribution in [2.75, 3.05) is 0 Å². The number of benzene rings is 1. The van der Waals surface area contributed by atoms with Gasteiger partial charge < -0.3 is 4.74 Å². The number of aromatic amines is 1. The second kappa shape index (κ2) is 3.91. The molecule has 0 saturated carbocycles. The molecule has 0 fully saturated rings. The number of nitrogens with zero attached hydrogens (tertiary/aromatic N) is 2. The van der Waals surface area contributed by atoms with Crippen LogP contribution in [0.1, 0.15) is 11.1 Å². The third-order valence-electron chi connectivity index (χ3n) is 1.90. The van der Waals surface area contributed by atoms with Gasteiger partial charge in [-0.2, -0.15) is 10.3 Å². The smallest absolute Gasteiger partial charge is 0.253 e. The van der Waals surface area contributed by atoms with E-state index in [4.69, 9.17) is 4.74 Å². The Balaban J connectivity index is 1.95. The summed E-state index contributed by atoms with van der Waals surface area (Å²) in [5, 5.41) is 9.93. The Labute approximate surface area is 81.9 Å². The van der Waals surface area contributed by atoms with E-state index < -0.39 is 0 Å². The number of rotatable bonds is 3. The van der Waals surface area contributed by atoms with Crippen LogP contribution in [-0.4, -0.2) is 15.4 Å². The first kappa shape index (κ1) is 8.74. The van der Waals surface area contributed by atoms with Crippen molar-refractivity contribution in [3.63, 3.8) is 0 Å². The van der Waals surface area contributed by atoms with Crippen molar-refractivity contribution < 1.29 is 4.74 Å². The van der Waals surface area contributed by atoms with Crippen LogP contribution >= 0.6 is 0 Å². The zero-order chi connectivity index (χ0) is 9.80. The Hall–Kier alpha value is -1.84. The van der Waals surface area contributed by atoms with Gasteiger partial charge in [-0.1, -0.05) is 29.8 Å². The van der Waals surface area contributed by atoms with Crippen LogP contribution in [0.5, 0.6) is 5.88 Å². The van der Waals surface area contributed by atoms with E-state index in [-0.39, 0.29) is 0 Å². The van der Waals surface area contributed by atoms with E-state index in [1.807, 2.05) is 12.1 Å². The lowest BCUT2D eigenvalue weighted by atomic mass is 10.2. The minimum Gasteiger partial charge on any atom is -0.471 e. The van der Waals surface area contributed by atoms with Crippen molar-refractivity contribution in [3.05, 3.63) is 41.6 Å². The van der Waals surface area contributed by atoms with E-state index in [0.29, 0.717) is 12.5 Å². The van der Waals surface area contributed by atoms with Crippen molar-refractivity contribution in [1.29, 1.82) is 0 Å². The fourth-order valence-electron chi connectivity index (χ4n) is 1.10. The van der Waals surface area contributed by atoms with E-state index in [0.717, 1.165) is 5.56 Å². The van der Waals surface area contributed by atoms with Crippen LogP contribution in [-0.2, 0) is 6.61 Å². The number of hydrogen-bond acceptors (Lipinski definition) is 3. The quantitative estimate of drug-likeness (QED) is 0.799. The maximum Gasteiger partial charge on any atom is 0.253 e. The van der Waals surface area contributed by atoms with Crippen LogP contribution in [0.4, 0.5) is 0 Å². The Morgan fingerprint density at radius 3 is 2.71 bits per heavy atom. The average Bonchev–Trinajstić information content (AvgIpc) is 2.70. The fraction of sp³-hybridized carbons (Fsp3) is 0.200. The molecule has 0 atom stereocenters. The van der Waals surface area contributed by atoms with Crippen LogP contribution < -0.4 is 4.74 Å². The zero-order valence-electron chi connectivity index (χ0n) is 7.90. The van der Waals surface area contributed by atoms with Gasteiger partial charge in [-0.15, -0.1) is 5.10 Å². The van der Waals surface area contributed by atoms with Gasteiger partial charge in [0.15, 0.2) is 0 Å². The van der Waals surface area contributed by atoms with Crippen LogP contribution in [0.2, 0.25) is 0 Å².